The van der Waals surface area contributed by atoms with Crippen LogP contribution in [-0.2, 0) is 12.0 Å². The summed E-state index contributed by atoms with van der Waals surface area (Å²) in [6.07, 6.45) is 0. The molecule has 0 unspecified atom stereocenters. The van der Waals surface area contributed by atoms with Crippen LogP contribution >= 0.6 is 0 Å². The van der Waals surface area contributed by atoms with E-state index in [1.807, 2.05) is 25.2 Å². The molecule has 0 aromatic heterocycles. The number of amidine groups is 1. The number of benzene rings is 7. The number of rotatable bonds is 5. The van der Waals surface area contributed by atoms with Gasteiger partial charge in [-0.15, -0.1) is 0 Å². The largest absolute Gasteiger partial charge is 0.366 e. The van der Waals surface area contributed by atoms with Crippen LogP contribution in [0.3, 0.4) is 0 Å². The molecule has 0 radical (unpaired) electrons. The first kappa shape index (κ1) is 26.9. The molecule has 1 N–H and O–H groups in total. The van der Waals surface area contributed by atoms with E-state index in [-0.39, 0.29) is 5.41 Å². The van der Waals surface area contributed by atoms with Gasteiger partial charge < -0.3 is 5.32 Å². The molecule has 0 fully saturated rings. The molecular formula is C41H36N2. The molecule has 0 aliphatic rings. The molecule has 0 aliphatic heterocycles. The molecule has 210 valence electrons. The molecule has 7 aromatic carbocycles. The number of nitrogens with one attached hydrogen (secondary N) is 1. The zero-order chi connectivity index (χ0) is 29.6. The van der Waals surface area contributed by atoms with Crippen molar-refractivity contribution in [3.05, 3.63) is 144 Å². The minimum atomic E-state index is 0.0895. The van der Waals surface area contributed by atoms with Crippen LogP contribution in [0, 0.1) is 0 Å². The maximum Gasteiger partial charge on any atom is 0.128 e. The van der Waals surface area contributed by atoms with Crippen molar-refractivity contribution in [1.29, 1.82) is 0 Å². The lowest BCUT2D eigenvalue weighted by Crippen LogP contribution is -2.23. The molecule has 0 saturated carbocycles. The second-order valence-corrected chi connectivity index (χ2v) is 12.5. The van der Waals surface area contributed by atoms with Gasteiger partial charge in [0.05, 0.1) is 0 Å². The van der Waals surface area contributed by atoms with E-state index in [1.165, 1.54) is 65.7 Å². The third-order valence-electron chi connectivity index (χ3n) is 8.66. The average molecular weight is 557 g/mol. The van der Waals surface area contributed by atoms with Crippen molar-refractivity contribution in [2.24, 2.45) is 4.99 Å². The number of hydrogen-bond donors (Lipinski definition) is 1. The van der Waals surface area contributed by atoms with Crippen molar-refractivity contribution in [2.75, 3.05) is 7.05 Å². The lowest BCUT2D eigenvalue weighted by atomic mass is 9.81. The Morgan fingerprint density at radius 2 is 1.16 bits per heavy atom. The Balaban J connectivity index is 1.35. The van der Waals surface area contributed by atoms with Crippen LogP contribution in [0.1, 0.15) is 37.5 Å². The summed E-state index contributed by atoms with van der Waals surface area (Å²) < 4.78 is 0. The molecule has 0 heterocycles. The molecule has 2 heteroatoms. The van der Waals surface area contributed by atoms with Crippen LogP contribution < -0.4 is 5.32 Å². The van der Waals surface area contributed by atoms with Crippen LogP contribution in [0.4, 0.5) is 0 Å². The fraction of sp³-hybridized carbons (Fsp3) is 0.146. The summed E-state index contributed by atoms with van der Waals surface area (Å²) in [5.74, 6) is 0.901. The average Bonchev–Trinajstić information content (AvgIpc) is 3.04. The third kappa shape index (κ3) is 4.93. The fourth-order valence-electron chi connectivity index (χ4n) is 6.34. The summed E-state index contributed by atoms with van der Waals surface area (Å²) in [7, 11) is 1.83. The van der Waals surface area contributed by atoms with Gasteiger partial charge in [0.1, 0.15) is 5.84 Å². The van der Waals surface area contributed by atoms with E-state index in [0.29, 0.717) is 6.54 Å². The van der Waals surface area contributed by atoms with E-state index in [4.69, 9.17) is 0 Å². The molecule has 0 atom stereocenters. The number of nitrogens with zero attached hydrogens (tertiary/aromatic N) is 1. The van der Waals surface area contributed by atoms with Crippen molar-refractivity contribution < 1.29 is 0 Å². The molecule has 0 saturated heterocycles. The summed E-state index contributed by atoms with van der Waals surface area (Å²) >= 11 is 0. The van der Waals surface area contributed by atoms with Crippen molar-refractivity contribution >= 4 is 38.2 Å². The zero-order valence-electron chi connectivity index (χ0n) is 25.3. The predicted octanol–water partition coefficient (Wildman–Crippen LogP) is 10.4. The summed E-state index contributed by atoms with van der Waals surface area (Å²) in [4.78, 5) is 4.48. The van der Waals surface area contributed by atoms with Gasteiger partial charge in [0.15, 0.2) is 0 Å². The highest BCUT2D eigenvalue weighted by molar-refractivity contribution is 6.28. The van der Waals surface area contributed by atoms with E-state index in [2.05, 4.69) is 140 Å². The second-order valence-electron chi connectivity index (χ2n) is 12.5. The first-order valence-electron chi connectivity index (χ1n) is 15.1. The minimum absolute atomic E-state index is 0.0895. The fourth-order valence-corrected chi connectivity index (χ4v) is 6.34. The lowest BCUT2D eigenvalue weighted by molar-refractivity contribution is 0.591. The van der Waals surface area contributed by atoms with Crippen molar-refractivity contribution in [3.8, 4) is 22.3 Å². The Morgan fingerprint density at radius 1 is 0.605 bits per heavy atom. The predicted molar refractivity (Wildman–Crippen MR) is 185 cm³/mol. The number of aliphatic imine (C=N–C) groups is 1. The van der Waals surface area contributed by atoms with E-state index >= 15 is 0 Å². The van der Waals surface area contributed by atoms with E-state index < -0.39 is 0 Å². The molecular weight excluding hydrogens is 520 g/mol. The van der Waals surface area contributed by atoms with Gasteiger partial charge in [-0.05, 0) is 77.2 Å². The van der Waals surface area contributed by atoms with E-state index in [9.17, 15) is 0 Å². The Bertz CT molecular complexity index is 2060. The van der Waals surface area contributed by atoms with E-state index in [0.717, 1.165) is 11.4 Å². The van der Waals surface area contributed by atoms with Crippen molar-refractivity contribution in [2.45, 2.75) is 32.7 Å². The zero-order valence-corrected chi connectivity index (χ0v) is 25.3. The van der Waals surface area contributed by atoms with Crippen LogP contribution in [-0.4, -0.2) is 12.9 Å². The molecule has 0 aliphatic carbocycles. The lowest BCUT2D eigenvalue weighted by Gasteiger charge is -2.23. The van der Waals surface area contributed by atoms with Crippen molar-refractivity contribution in [3.63, 3.8) is 0 Å². The maximum absolute atomic E-state index is 4.48. The van der Waals surface area contributed by atoms with Crippen molar-refractivity contribution in [1.82, 2.24) is 5.32 Å². The summed E-state index contributed by atoms with van der Waals surface area (Å²) in [5, 5.41) is 11.5. The smallest absolute Gasteiger partial charge is 0.128 e. The first-order chi connectivity index (χ1) is 20.9. The molecule has 7 rings (SSSR count). The number of hydrogen-bond acceptors (Lipinski definition) is 1. The van der Waals surface area contributed by atoms with Crippen LogP contribution in [0.15, 0.2) is 132 Å². The molecule has 7 aromatic rings. The molecule has 0 bridgehead atoms. The maximum atomic E-state index is 4.48. The quantitative estimate of drug-likeness (QED) is 0.127. The Hall–Kier alpha value is -4.95. The topological polar surface area (TPSA) is 24.4 Å². The van der Waals surface area contributed by atoms with Gasteiger partial charge >= 0.3 is 0 Å². The monoisotopic (exact) mass is 556 g/mol. The van der Waals surface area contributed by atoms with Crippen LogP contribution in [0.2, 0.25) is 0 Å². The standard InChI is InChI=1S/C41H36N2/c1-41(2,3)33-23-31-19-21-34-36(28-11-7-5-8-12-28)25-37(35-22-20-32(24-33)38(31)39(34)35)29-17-15-27(16-18-29)26-43-40(42-4)30-13-9-6-10-14-30/h5-25H,26H2,1-4H3,(H,42,43). The highest BCUT2D eigenvalue weighted by Crippen LogP contribution is 2.45. The van der Waals surface area contributed by atoms with Gasteiger partial charge in [0, 0.05) is 19.2 Å². The minimum Gasteiger partial charge on any atom is -0.366 e. The summed E-state index contributed by atoms with van der Waals surface area (Å²) in [6, 6.07) is 46.5. The van der Waals surface area contributed by atoms with Gasteiger partial charge in [-0.2, -0.15) is 0 Å². The Labute approximate surface area is 254 Å². The third-order valence-corrected chi connectivity index (χ3v) is 8.66. The Kier molecular flexibility index (Phi) is 6.70. The van der Waals surface area contributed by atoms with Gasteiger partial charge in [-0.25, -0.2) is 0 Å². The summed E-state index contributed by atoms with van der Waals surface area (Å²) in [5.41, 5.74) is 8.78. The molecule has 2 nitrogen and oxygen atoms in total. The highest BCUT2D eigenvalue weighted by Gasteiger charge is 2.20. The highest BCUT2D eigenvalue weighted by atomic mass is 15.0. The van der Waals surface area contributed by atoms with Crippen LogP contribution in [0.5, 0.6) is 0 Å². The van der Waals surface area contributed by atoms with E-state index in [1.54, 1.807) is 0 Å². The SMILES string of the molecule is CN=C(NCc1ccc(-c2cc(-c3ccccc3)c3ccc4cc(C(C)(C)C)cc5ccc2c3c45)cc1)c1ccccc1. The molecule has 0 spiro atoms. The second kappa shape index (κ2) is 10.7. The van der Waals surface area contributed by atoms with Gasteiger partial charge in [0.2, 0.25) is 0 Å². The van der Waals surface area contributed by atoms with Gasteiger partial charge in [-0.3, -0.25) is 4.99 Å². The first-order valence-corrected chi connectivity index (χ1v) is 15.1. The Morgan fingerprint density at radius 3 is 1.72 bits per heavy atom. The molecule has 43 heavy (non-hydrogen) atoms. The van der Waals surface area contributed by atoms with Crippen LogP contribution in [0.25, 0.3) is 54.6 Å². The van der Waals surface area contributed by atoms with Gasteiger partial charge in [0.25, 0.3) is 0 Å². The summed E-state index contributed by atoms with van der Waals surface area (Å²) in [6.45, 7) is 7.60. The molecule has 0 amide bonds. The normalized spacial score (nSPS) is 12.4. The van der Waals surface area contributed by atoms with Gasteiger partial charge in [-0.1, -0.05) is 142 Å².